The normalized spacial score (nSPS) is 12.3. The molecule has 2 rings (SSSR count). The monoisotopic (exact) mass is 279 g/mol. The van der Waals surface area contributed by atoms with Gasteiger partial charge in [0.05, 0.1) is 12.0 Å². The molecule has 1 amide bonds. The Morgan fingerprint density at radius 2 is 2.42 bits per heavy atom. The minimum absolute atomic E-state index is 0.0468. The molecule has 1 unspecified atom stereocenters. The van der Waals surface area contributed by atoms with Crippen LogP contribution in [0, 0.1) is 0 Å². The molecule has 0 aliphatic rings. The number of furan rings is 1. The second kappa shape index (κ2) is 6.49. The first-order valence-electron chi connectivity index (χ1n) is 6.14. The summed E-state index contributed by atoms with van der Waals surface area (Å²) in [5.74, 6) is 0.771. The van der Waals surface area contributed by atoms with Crippen LogP contribution in [-0.2, 0) is 11.2 Å². The highest BCUT2D eigenvalue weighted by Gasteiger charge is 2.10. The Kier molecular flexibility index (Phi) is 4.70. The number of rotatable bonds is 6. The minimum atomic E-state index is -0.0468. The molecule has 0 radical (unpaired) electrons. The second-order valence-electron chi connectivity index (χ2n) is 4.22. The maximum Gasteiger partial charge on any atom is 0.226 e. The number of carbonyl (C=O) groups excluding carboxylic acids is 1. The van der Waals surface area contributed by atoms with Gasteiger partial charge in [0.15, 0.2) is 5.13 Å². The van der Waals surface area contributed by atoms with Crippen LogP contribution < -0.4 is 10.6 Å². The summed E-state index contributed by atoms with van der Waals surface area (Å²) >= 11 is 1.44. The minimum Gasteiger partial charge on any atom is -0.469 e. The molecule has 0 fully saturated rings. The number of carbonyl (C=O) groups is 1. The smallest absolute Gasteiger partial charge is 0.226 e. The van der Waals surface area contributed by atoms with Gasteiger partial charge in [-0.3, -0.25) is 4.79 Å². The highest BCUT2D eigenvalue weighted by Crippen LogP contribution is 2.20. The van der Waals surface area contributed by atoms with Crippen LogP contribution in [0.1, 0.15) is 30.8 Å². The van der Waals surface area contributed by atoms with Crippen molar-refractivity contribution in [3.63, 3.8) is 0 Å². The molecule has 2 aromatic rings. The Morgan fingerprint density at radius 1 is 1.58 bits per heavy atom. The van der Waals surface area contributed by atoms with E-state index in [9.17, 15) is 4.79 Å². The van der Waals surface area contributed by atoms with Gasteiger partial charge in [0.25, 0.3) is 0 Å². The molecule has 0 aromatic carbocycles. The topological polar surface area (TPSA) is 67.2 Å². The zero-order valence-corrected chi connectivity index (χ0v) is 11.8. The number of aryl methyl sites for hydroxylation is 1. The summed E-state index contributed by atoms with van der Waals surface area (Å²) in [6.07, 6.45) is 2.60. The number of hydrogen-bond donors (Lipinski definition) is 2. The van der Waals surface area contributed by atoms with Crippen molar-refractivity contribution in [2.75, 3.05) is 12.4 Å². The van der Waals surface area contributed by atoms with E-state index in [0.29, 0.717) is 18.0 Å². The van der Waals surface area contributed by atoms with Crippen LogP contribution in [0.4, 0.5) is 5.13 Å². The average Bonchev–Trinajstić information content (AvgIpc) is 3.06. The first kappa shape index (κ1) is 13.8. The molecule has 2 heterocycles. The maximum atomic E-state index is 11.8. The van der Waals surface area contributed by atoms with Gasteiger partial charge in [-0.05, 0) is 26.1 Å². The van der Waals surface area contributed by atoms with Crippen molar-refractivity contribution >= 4 is 22.4 Å². The number of anilines is 1. The summed E-state index contributed by atoms with van der Waals surface area (Å²) in [6, 6.07) is 3.87. The summed E-state index contributed by atoms with van der Waals surface area (Å²) < 4.78 is 5.18. The van der Waals surface area contributed by atoms with E-state index >= 15 is 0 Å². The Bertz CT molecular complexity index is 522. The molecule has 1 atom stereocenters. The van der Waals surface area contributed by atoms with E-state index in [0.717, 1.165) is 11.5 Å². The molecule has 5 nitrogen and oxygen atoms in total. The predicted molar refractivity (Wildman–Crippen MR) is 75.2 cm³/mol. The molecule has 19 heavy (non-hydrogen) atoms. The maximum absolute atomic E-state index is 11.8. The van der Waals surface area contributed by atoms with E-state index in [-0.39, 0.29) is 11.9 Å². The van der Waals surface area contributed by atoms with E-state index in [1.807, 2.05) is 31.5 Å². The van der Waals surface area contributed by atoms with E-state index in [1.54, 1.807) is 6.26 Å². The lowest BCUT2D eigenvalue weighted by Gasteiger charge is -2.05. The molecular formula is C13H17N3O2S. The van der Waals surface area contributed by atoms with Gasteiger partial charge in [0.2, 0.25) is 5.91 Å². The molecule has 2 N–H and O–H groups in total. The van der Waals surface area contributed by atoms with Crippen LogP contribution in [0.3, 0.4) is 0 Å². The quantitative estimate of drug-likeness (QED) is 0.853. The Hall–Kier alpha value is -1.66. The first-order chi connectivity index (χ1) is 9.19. The Labute approximate surface area is 116 Å². The van der Waals surface area contributed by atoms with Crippen molar-refractivity contribution in [1.82, 2.24) is 10.3 Å². The third-order valence-corrected chi connectivity index (χ3v) is 3.60. The third kappa shape index (κ3) is 3.90. The molecule has 0 saturated carbocycles. The fraction of sp³-hybridized carbons (Fsp3) is 0.385. The largest absolute Gasteiger partial charge is 0.469 e. The summed E-state index contributed by atoms with van der Waals surface area (Å²) in [7, 11) is 1.88. The van der Waals surface area contributed by atoms with E-state index < -0.39 is 0 Å². The highest BCUT2D eigenvalue weighted by molar-refractivity contribution is 7.13. The van der Waals surface area contributed by atoms with E-state index in [2.05, 4.69) is 15.6 Å². The molecule has 0 bridgehead atoms. The van der Waals surface area contributed by atoms with Crippen LogP contribution in [0.25, 0.3) is 0 Å². The second-order valence-corrected chi connectivity index (χ2v) is 5.07. The molecule has 0 spiro atoms. The van der Waals surface area contributed by atoms with Crippen molar-refractivity contribution in [2.24, 2.45) is 0 Å². The number of amides is 1. The molecule has 2 aromatic heterocycles. The van der Waals surface area contributed by atoms with Gasteiger partial charge >= 0.3 is 0 Å². The van der Waals surface area contributed by atoms with Gasteiger partial charge in [-0.1, -0.05) is 0 Å². The number of aromatic nitrogens is 1. The lowest BCUT2D eigenvalue weighted by atomic mass is 10.2. The number of nitrogens with one attached hydrogen (secondary N) is 2. The first-order valence-corrected chi connectivity index (χ1v) is 7.02. The molecule has 6 heteroatoms. The van der Waals surface area contributed by atoms with Crippen LogP contribution in [0.5, 0.6) is 0 Å². The Morgan fingerprint density at radius 3 is 3.11 bits per heavy atom. The van der Waals surface area contributed by atoms with Crippen molar-refractivity contribution in [2.45, 2.75) is 25.8 Å². The molecule has 0 aliphatic heterocycles. The van der Waals surface area contributed by atoms with Gasteiger partial charge in [0, 0.05) is 24.3 Å². The van der Waals surface area contributed by atoms with Gasteiger partial charge in [-0.15, -0.1) is 11.3 Å². The molecular weight excluding hydrogens is 262 g/mol. The lowest BCUT2D eigenvalue weighted by Crippen LogP contribution is -2.14. The molecule has 102 valence electrons. The summed E-state index contributed by atoms with van der Waals surface area (Å²) in [6.45, 7) is 2.03. The average molecular weight is 279 g/mol. The van der Waals surface area contributed by atoms with Crippen LogP contribution in [0.2, 0.25) is 0 Å². The predicted octanol–water partition coefficient (Wildman–Crippen LogP) is 2.59. The Balaban J connectivity index is 1.83. The van der Waals surface area contributed by atoms with Crippen molar-refractivity contribution in [1.29, 1.82) is 0 Å². The van der Waals surface area contributed by atoms with Crippen LogP contribution in [0.15, 0.2) is 28.2 Å². The third-order valence-electron chi connectivity index (χ3n) is 2.82. The standard InChI is InChI=1S/C13H17N3O2S/c1-9(14-2)11-8-19-13(15-11)16-12(17)6-5-10-4-3-7-18-10/h3-4,7-9,14H,5-6H2,1-2H3,(H,15,16,17). The summed E-state index contributed by atoms with van der Waals surface area (Å²) in [4.78, 5) is 16.1. The molecule has 0 aliphatic carbocycles. The highest BCUT2D eigenvalue weighted by atomic mass is 32.1. The van der Waals surface area contributed by atoms with E-state index in [1.165, 1.54) is 11.3 Å². The summed E-state index contributed by atoms with van der Waals surface area (Å²) in [5, 5.41) is 8.50. The summed E-state index contributed by atoms with van der Waals surface area (Å²) in [5.41, 5.74) is 0.939. The zero-order chi connectivity index (χ0) is 13.7. The number of nitrogens with zero attached hydrogens (tertiary/aromatic N) is 1. The van der Waals surface area contributed by atoms with Crippen molar-refractivity contribution in [3.8, 4) is 0 Å². The molecule has 0 saturated heterocycles. The van der Waals surface area contributed by atoms with Gasteiger partial charge < -0.3 is 15.1 Å². The van der Waals surface area contributed by atoms with Crippen LogP contribution >= 0.6 is 11.3 Å². The fourth-order valence-electron chi connectivity index (χ4n) is 1.56. The van der Waals surface area contributed by atoms with Gasteiger partial charge in [-0.2, -0.15) is 0 Å². The van der Waals surface area contributed by atoms with Crippen LogP contribution in [-0.4, -0.2) is 17.9 Å². The van der Waals surface area contributed by atoms with E-state index in [4.69, 9.17) is 4.42 Å². The van der Waals surface area contributed by atoms with Crippen molar-refractivity contribution < 1.29 is 9.21 Å². The number of thiazole rings is 1. The van der Waals surface area contributed by atoms with Gasteiger partial charge in [-0.25, -0.2) is 4.98 Å². The van der Waals surface area contributed by atoms with Crippen molar-refractivity contribution in [3.05, 3.63) is 35.2 Å². The van der Waals surface area contributed by atoms with Gasteiger partial charge in [0.1, 0.15) is 5.76 Å². The number of hydrogen-bond acceptors (Lipinski definition) is 5. The zero-order valence-electron chi connectivity index (χ0n) is 11.0. The lowest BCUT2D eigenvalue weighted by molar-refractivity contribution is -0.116. The fourth-order valence-corrected chi connectivity index (χ4v) is 2.38. The SMILES string of the molecule is CNC(C)c1csc(NC(=O)CCc2ccco2)n1.